The van der Waals surface area contributed by atoms with Crippen LogP contribution in [-0.2, 0) is 0 Å². The summed E-state index contributed by atoms with van der Waals surface area (Å²) < 4.78 is 7.33. The van der Waals surface area contributed by atoms with E-state index in [9.17, 15) is 0 Å². The van der Waals surface area contributed by atoms with E-state index in [1.165, 1.54) is 4.70 Å². The van der Waals surface area contributed by atoms with Crippen LogP contribution in [0.2, 0.25) is 0 Å². The quantitative estimate of drug-likeness (QED) is 0.711. The van der Waals surface area contributed by atoms with Gasteiger partial charge in [-0.1, -0.05) is 23.5 Å². The van der Waals surface area contributed by atoms with Gasteiger partial charge in [0.25, 0.3) is 5.88 Å². The number of hydrogen-bond donors (Lipinski definition) is 1. The van der Waals surface area contributed by atoms with Crippen molar-refractivity contribution in [1.29, 1.82) is 5.26 Å². The number of anilines is 2. The van der Waals surface area contributed by atoms with E-state index in [-0.39, 0.29) is 12.0 Å². The Morgan fingerprint density at radius 3 is 2.89 bits per heavy atom. The Morgan fingerprint density at radius 1 is 1.21 bits per heavy atom. The lowest BCUT2D eigenvalue weighted by Crippen LogP contribution is -2.43. The van der Waals surface area contributed by atoms with Gasteiger partial charge >= 0.3 is 0 Å². The molecule has 1 unspecified atom stereocenters. The second kappa shape index (κ2) is 7.24. The van der Waals surface area contributed by atoms with Gasteiger partial charge < -0.3 is 15.0 Å². The topological polar surface area (TPSA) is 87.0 Å². The molecule has 3 heterocycles. The Balaban J connectivity index is 1.19. The number of fused-ring (bicyclic) bond motifs is 1. The van der Waals surface area contributed by atoms with Crippen LogP contribution in [0, 0.1) is 17.2 Å². The van der Waals surface area contributed by atoms with Gasteiger partial charge in [-0.2, -0.15) is 5.26 Å². The standard InChI is InChI=1S/C20H20N6OS/c21-11-13-5-8-26(12-13)18-19(23-7-6-22-18)27-15-9-14(10-15)24-20-25-16-3-1-2-4-17(16)28-20/h1-4,6-7,13-15H,5,8-10,12H2,(H,24,25)/t13?,14-,15-. The predicted molar refractivity (Wildman–Crippen MR) is 109 cm³/mol. The van der Waals surface area contributed by atoms with Crippen LogP contribution in [0.15, 0.2) is 36.7 Å². The monoisotopic (exact) mass is 392 g/mol. The second-order valence-corrected chi connectivity index (χ2v) is 8.32. The van der Waals surface area contributed by atoms with E-state index in [4.69, 9.17) is 10.00 Å². The molecule has 0 amide bonds. The van der Waals surface area contributed by atoms with Gasteiger partial charge in [-0.15, -0.1) is 0 Å². The zero-order valence-electron chi connectivity index (χ0n) is 15.3. The molecular weight excluding hydrogens is 372 g/mol. The molecule has 7 nitrogen and oxygen atoms in total. The van der Waals surface area contributed by atoms with E-state index in [1.54, 1.807) is 23.7 Å². The minimum Gasteiger partial charge on any atom is -0.472 e. The molecule has 0 radical (unpaired) electrons. The van der Waals surface area contributed by atoms with Crippen LogP contribution in [0.4, 0.5) is 10.9 Å². The number of hydrogen-bond acceptors (Lipinski definition) is 8. The highest BCUT2D eigenvalue weighted by Gasteiger charge is 2.34. The van der Waals surface area contributed by atoms with Gasteiger partial charge in [-0.3, -0.25) is 0 Å². The first-order chi connectivity index (χ1) is 13.8. The molecule has 1 saturated heterocycles. The number of rotatable bonds is 5. The number of nitrogens with one attached hydrogen (secondary N) is 1. The Kier molecular flexibility index (Phi) is 4.45. The number of nitrogens with zero attached hydrogens (tertiary/aromatic N) is 5. The molecular formula is C20H20N6OS. The van der Waals surface area contributed by atoms with Gasteiger partial charge in [-0.25, -0.2) is 15.0 Å². The third-order valence-corrected chi connectivity index (χ3v) is 6.28. The molecule has 0 bridgehead atoms. The van der Waals surface area contributed by atoms with E-state index in [1.807, 2.05) is 18.2 Å². The Labute approximate surface area is 167 Å². The van der Waals surface area contributed by atoms with Crippen LogP contribution in [0.1, 0.15) is 19.3 Å². The number of nitriles is 1. The summed E-state index contributed by atoms with van der Waals surface area (Å²) in [6.07, 6.45) is 6.15. The minimum absolute atomic E-state index is 0.0564. The van der Waals surface area contributed by atoms with Gasteiger partial charge in [0.2, 0.25) is 0 Å². The maximum atomic E-state index is 9.13. The van der Waals surface area contributed by atoms with Gasteiger partial charge in [0.15, 0.2) is 10.9 Å². The molecule has 1 atom stereocenters. The summed E-state index contributed by atoms with van der Waals surface area (Å²) in [7, 11) is 0. The molecule has 2 fully saturated rings. The lowest BCUT2D eigenvalue weighted by atomic mass is 9.89. The smallest absolute Gasteiger partial charge is 0.257 e. The maximum Gasteiger partial charge on any atom is 0.257 e. The summed E-state index contributed by atoms with van der Waals surface area (Å²) in [5, 5.41) is 13.6. The molecule has 0 spiro atoms. The van der Waals surface area contributed by atoms with E-state index in [2.05, 4.69) is 37.3 Å². The number of thiazole rings is 1. The first kappa shape index (κ1) is 17.2. The van der Waals surface area contributed by atoms with E-state index >= 15 is 0 Å². The third kappa shape index (κ3) is 3.34. The average Bonchev–Trinajstić information content (AvgIpc) is 3.33. The molecule has 1 aromatic carbocycles. The molecule has 1 saturated carbocycles. The Bertz CT molecular complexity index is 992. The molecule has 1 N–H and O–H groups in total. The van der Waals surface area contributed by atoms with Gasteiger partial charge in [0.05, 0.1) is 22.2 Å². The number of ether oxygens (including phenoxy) is 1. The summed E-state index contributed by atoms with van der Waals surface area (Å²) in [5.74, 6) is 1.38. The molecule has 2 aliphatic rings. The average molecular weight is 392 g/mol. The van der Waals surface area contributed by atoms with Crippen molar-refractivity contribution in [2.45, 2.75) is 31.4 Å². The maximum absolute atomic E-state index is 9.13. The molecule has 28 heavy (non-hydrogen) atoms. The molecule has 8 heteroatoms. The van der Waals surface area contributed by atoms with Crippen molar-refractivity contribution in [2.24, 2.45) is 5.92 Å². The largest absolute Gasteiger partial charge is 0.472 e. The van der Waals surface area contributed by atoms with Crippen LogP contribution in [-0.4, -0.2) is 40.2 Å². The first-order valence-electron chi connectivity index (χ1n) is 9.53. The minimum atomic E-state index is 0.0564. The normalized spacial score (nSPS) is 24.0. The SMILES string of the molecule is N#CC1CCN(c2nccnc2O[C@H]2C[C@H](Nc3nc4ccccc4s3)C2)C1. The van der Waals surface area contributed by atoms with Gasteiger partial charge in [0.1, 0.15) is 6.10 Å². The fourth-order valence-corrected chi connectivity index (χ4v) is 4.66. The van der Waals surface area contributed by atoms with Crippen molar-refractivity contribution in [3.8, 4) is 11.9 Å². The summed E-state index contributed by atoms with van der Waals surface area (Å²) in [4.78, 5) is 15.6. The molecule has 5 rings (SSSR count). The summed E-state index contributed by atoms with van der Waals surface area (Å²) in [6, 6.07) is 10.9. The lowest BCUT2D eigenvalue weighted by Gasteiger charge is -2.35. The van der Waals surface area contributed by atoms with Crippen molar-refractivity contribution in [2.75, 3.05) is 23.3 Å². The Morgan fingerprint density at radius 2 is 2.07 bits per heavy atom. The zero-order chi connectivity index (χ0) is 18.9. The highest BCUT2D eigenvalue weighted by molar-refractivity contribution is 7.22. The predicted octanol–water partition coefficient (Wildman–Crippen LogP) is 3.46. The highest BCUT2D eigenvalue weighted by Crippen LogP contribution is 2.34. The summed E-state index contributed by atoms with van der Waals surface area (Å²) >= 11 is 1.68. The van der Waals surface area contributed by atoms with Crippen molar-refractivity contribution in [3.05, 3.63) is 36.7 Å². The van der Waals surface area contributed by atoms with Gasteiger partial charge in [0, 0.05) is 44.4 Å². The van der Waals surface area contributed by atoms with Crippen molar-refractivity contribution in [3.63, 3.8) is 0 Å². The highest BCUT2D eigenvalue weighted by atomic mass is 32.1. The molecule has 3 aromatic rings. The fourth-order valence-electron chi connectivity index (χ4n) is 3.72. The van der Waals surface area contributed by atoms with E-state index in [0.29, 0.717) is 18.5 Å². The number of para-hydroxylation sites is 1. The third-order valence-electron chi connectivity index (χ3n) is 5.31. The summed E-state index contributed by atoms with van der Waals surface area (Å²) in [5.41, 5.74) is 1.03. The van der Waals surface area contributed by atoms with Crippen molar-refractivity contribution in [1.82, 2.24) is 15.0 Å². The van der Waals surface area contributed by atoms with Crippen LogP contribution >= 0.6 is 11.3 Å². The number of aromatic nitrogens is 3. The molecule has 1 aliphatic heterocycles. The zero-order valence-corrected chi connectivity index (χ0v) is 16.1. The van der Waals surface area contributed by atoms with Crippen LogP contribution in [0.3, 0.4) is 0 Å². The molecule has 2 aromatic heterocycles. The molecule has 142 valence electrons. The van der Waals surface area contributed by atoms with E-state index in [0.717, 1.165) is 42.3 Å². The van der Waals surface area contributed by atoms with Crippen LogP contribution < -0.4 is 15.0 Å². The second-order valence-electron chi connectivity index (χ2n) is 7.29. The van der Waals surface area contributed by atoms with E-state index < -0.39 is 0 Å². The number of benzene rings is 1. The lowest BCUT2D eigenvalue weighted by molar-refractivity contribution is 0.103. The fraction of sp³-hybridized carbons (Fsp3) is 0.400. The van der Waals surface area contributed by atoms with Crippen molar-refractivity contribution < 1.29 is 4.74 Å². The van der Waals surface area contributed by atoms with Gasteiger partial charge in [-0.05, 0) is 18.6 Å². The summed E-state index contributed by atoms with van der Waals surface area (Å²) in [6.45, 7) is 1.51. The van der Waals surface area contributed by atoms with Crippen LogP contribution in [0.25, 0.3) is 10.2 Å². The van der Waals surface area contributed by atoms with Crippen molar-refractivity contribution >= 4 is 32.5 Å². The Hall–Kier alpha value is -2.92. The first-order valence-corrected chi connectivity index (χ1v) is 10.3. The molecule has 1 aliphatic carbocycles. The van der Waals surface area contributed by atoms with Crippen LogP contribution in [0.5, 0.6) is 5.88 Å².